The minimum Gasteiger partial charge on any atom is -0.279 e. The summed E-state index contributed by atoms with van der Waals surface area (Å²) in [7, 11) is -5.73. The zero-order valence-corrected chi connectivity index (χ0v) is 68.2. The Balaban J connectivity index is 0.000000482. The van der Waals surface area contributed by atoms with Crippen LogP contribution in [0.4, 0.5) is 16.4 Å². The van der Waals surface area contributed by atoms with E-state index in [1.807, 2.05) is 78.9 Å². The lowest BCUT2D eigenvalue weighted by Gasteiger charge is -2.21. The first kappa shape index (κ1) is 78.9. The number of thiophene rings is 6. The lowest BCUT2D eigenvalue weighted by atomic mass is 9.95. The van der Waals surface area contributed by atoms with Gasteiger partial charge in [0.2, 0.25) is 5.78 Å². The standard InChI is InChI=1S/C21H13NO3S2.C21H25NO2S4.C21H27NO2S2.C15H23NO2S2.7H2/c1-4-5-6-7-8-9-18(23)16-10-12-17(13-11-16)22-21(24)19-14(2)26-15(3)20(19)27(22)25;1-5-7-8-14(6-2)9-15-10-16-17(26-15)11-18(27-16)22-21(23)19-12(3)25-13(4)20(19)28(22)24;1-4-5-6-7-8-9-10-17-11-13-18(14-12-17)22-21(23)19-15(2)25-16(3)20(19)26(22)24;1-5-7-8-12(6-2)9-16-15(17)13-10(3)19-11(4)14(13)20(16)18;;;;;;;/h10-13H,1-3H3;10-11,14H,5-9H2,1-4H3;11-14H,4-10H2,1-3H3;12H,5-9H2,1-4H3;7*1H. The van der Waals surface area contributed by atoms with Crippen molar-refractivity contribution in [3.63, 3.8) is 0 Å². The van der Waals surface area contributed by atoms with Crippen molar-refractivity contribution in [2.75, 3.05) is 19.5 Å². The quantitative estimate of drug-likeness (QED) is 0.0262. The molecule has 0 aliphatic carbocycles. The summed E-state index contributed by atoms with van der Waals surface area (Å²) in [5, 5.41) is 0.800. The van der Waals surface area contributed by atoms with Gasteiger partial charge in [-0.05, 0) is 184 Å². The van der Waals surface area contributed by atoms with Crippen LogP contribution in [0, 0.1) is 103 Å². The Kier molecular flexibility index (Phi) is 28.1. The summed E-state index contributed by atoms with van der Waals surface area (Å²) in [6, 6.07) is 18.6. The molecule has 0 saturated heterocycles. The lowest BCUT2D eigenvalue weighted by Crippen LogP contribution is -2.32. The number of amides is 4. The predicted octanol–water partition coefficient (Wildman–Crippen LogP) is 22.1. The van der Waals surface area contributed by atoms with E-state index in [4.69, 9.17) is 0 Å². The van der Waals surface area contributed by atoms with Gasteiger partial charge in [0.25, 0.3) is 23.6 Å². The van der Waals surface area contributed by atoms with Gasteiger partial charge in [-0.25, -0.2) is 29.8 Å². The number of hydrogen-bond donors (Lipinski definition) is 0. The molecule has 12 rings (SSSR count). The number of anilines is 3. The Bertz CT molecular complexity index is 4590. The summed E-state index contributed by atoms with van der Waals surface area (Å²) in [6.07, 6.45) is 19.5. The maximum absolute atomic E-state index is 13.0. The number of nitrogens with zero attached hydrogens (tertiary/aromatic N) is 4. The van der Waals surface area contributed by atoms with Crippen LogP contribution in [0.15, 0.2) is 80.2 Å². The highest BCUT2D eigenvalue weighted by Crippen LogP contribution is 2.47. The molecule has 0 fully saturated rings. The van der Waals surface area contributed by atoms with Crippen molar-refractivity contribution in [2.24, 2.45) is 11.8 Å². The molecule has 0 N–H and O–H groups in total. The molecule has 101 heavy (non-hydrogen) atoms. The minimum absolute atomic E-state index is 0. The number of aryl methyl sites for hydroxylation is 9. The molecule has 2 aromatic carbocycles. The molecule has 6 atom stereocenters. The van der Waals surface area contributed by atoms with E-state index in [0.717, 1.165) is 86.2 Å². The molecular weight excluding hydrogens is 1460 g/mol. The van der Waals surface area contributed by atoms with E-state index in [1.165, 1.54) is 121 Å². The van der Waals surface area contributed by atoms with Gasteiger partial charge in [0.1, 0.15) is 5.00 Å². The summed E-state index contributed by atoms with van der Waals surface area (Å²) >= 11 is 9.58. The van der Waals surface area contributed by atoms with Crippen LogP contribution in [0.2, 0.25) is 0 Å². The smallest absolute Gasteiger partial charge is 0.273 e. The van der Waals surface area contributed by atoms with Gasteiger partial charge >= 0.3 is 0 Å². The maximum atomic E-state index is 13.0. The Labute approximate surface area is 641 Å². The molecule has 8 aromatic rings. The fraction of sp³-hybridized carbons (Fsp3) is 0.423. The average molecular weight is 1560 g/mol. The van der Waals surface area contributed by atoms with Gasteiger partial charge < -0.3 is 0 Å². The summed E-state index contributed by atoms with van der Waals surface area (Å²) in [5.41, 5.74) is 5.37. The van der Waals surface area contributed by atoms with Crippen LogP contribution in [0.3, 0.4) is 0 Å². The van der Waals surface area contributed by atoms with Crippen molar-refractivity contribution in [3.8, 4) is 35.5 Å². The third-order valence-electron chi connectivity index (χ3n) is 18.1. The number of carbonyl (C=O) groups excluding carboxylic acids is 5. The second-order valence-corrected chi connectivity index (χ2v) is 38.4. The number of Topliss-reactive ketones (excluding diaryl/α,β-unsaturated/α-hetero) is 1. The molecule has 4 aliphatic heterocycles. The zero-order valence-electron chi connectivity index (χ0n) is 60.0. The summed E-state index contributed by atoms with van der Waals surface area (Å²) in [4.78, 5) is 74.8. The van der Waals surface area contributed by atoms with E-state index in [0.29, 0.717) is 60.7 Å². The van der Waals surface area contributed by atoms with Gasteiger partial charge in [-0.3, -0.25) is 28.3 Å². The van der Waals surface area contributed by atoms with Crippen molar-refractivity contribution in [1.82, 2.24) is 4.31 Å². The lowest BCUT2D eigenvalue weighted by molar-refractivity contribution is 0.0856. The second-order valence-electron chi connectivity index (χ2n) is 25.3. The molecule has 0 spiro atoms. The van der Waals surface area contributed by atoms with Gasteiger partial charge in [-0.2, -0.15) is 0 Å². The average Bonchev–Trinajstić information content (AvgIpc) is 1.61. The van der Waals surface area contributed by atoms with E-state index >= 15 is 0 Å². The highest BCUT2D eigenvalue weighted by Gasteiger charge is 2.44. The first-order valence-corrected chi connectivity index (χ1v) is 43.9. The fourth-order valence-corrected chi connectivity index (χ4v) is 26.5. The molecule has 4 aliphatic rings. The van der Waals surface area contributed by atoms with Crippen LogP contribution < -0.4 is 12.9 Å². The van der Waals surface area contributed by atoms with Crippen LogP contribution >= 0.6 is 68.0 Å². The van der Waals surface area contributed by atoms with Crippen molar-refractivity contribution >= 4 is 167 Å². The highest BCUT2D eigenvalue weighted by atomic mass is 32.2. The van der Waals surface area contributed by atoms with Crippen LogP contribution in [0.1, 0.15) is 243 Å². The Morgan fingerprint density at radius 1 is 0.455 bits per heavy atom. The number of hydrogen-bond acceptors (Lipinski definition) is 15. The molecule has 10 heterocycles. The van der Waals surface area contributed by atoms with Crippen LogP contribution in [-0.2, 0) is 56.8 Å². The predicted molar refractivity (Wildman–Crippen MR) is 440 cm³/mol. The van der Waals surface area contributed by atoms with Crippen LogP contribution in [0.25, 0.3) is 9.40 Å². The van der Waals surface area contributed by atoms with Crippen LogP contribution in [0.5, 0.6) is 0 Å². The topological polar surface area (TPSA) is 167 Å². The third kappa shape index (κ3) is 17.4. The summed E-state index contributed by atoms with van der Waals surface area (Å²) in [5.74, 6) is 15.2. The second kappa shape index (κ2) is 36.0. The molecule has 0 saturated carbocycles. The van der Waals surface area contributed by atoms with Crippen molar-refractivity contribution in [3.05, 3.63) is 138 Å². The van der Waals surface area contributed by atoms with Crippen molar-refractivity contribution in [2.45, 2.75) is 219 Å². The Morgan fingerprint density at radius 3 is 1.35 bits per heavy atom. The van der Waals surface area contributed by atoms with Gasteiger partial charge in [-0.15, -0.1) is 68.0 Å². The molecule has 13 nitrogen and oxygen atoms in total. The molecule has 6 unspecified atom stereocenters. The van der Waals surface area contributed by atoms with Gasteiger partial charge in [0, 0.05) is 75.4 Å². The molecule has 4 amide bonds. The molecular formula is C78H102N4O9S10. The summed E-state index contributed by atoms with van der Waals surface area (Å²) < 4.78 is 59.4. The largest absolute Gasteiger partial charge is 0.279 e. The van der Waals surface area contributed by atoms with Crippen molar-refractivity contribution < 1.29 is 50.8 Å². The normalized spacial score (nSPS) is 16.8. The van der Waals surface area contributed by atoms with E-state index in [9.17, 15) is 40.8 Å². The van der Waals surface area contributed by atoms with Crippen LogP contribution in [-0.4, -0.2) is 57.1 Å². The number of rotatable bonds is 23. The van der Waals surface area contributed by atoms with E-state index in [-0.39, 0.29) is 39.4 Å². The van der Waals surface area contributed by atoms with E-state index < -0.39 is 43.9 Å². The first-order valence-electron chi connectivity index (χ1n) is 34.6. The molecule has 0 bridgehead atoms. The SMILES string of the molecule is CC#CC#CC#CC(=O)c1ccc(N2C(=O)c3c(C)sc(C)c3S2=O)cc1.CCCCC(CC)CN1C(=O)c2c(C)sc(C)c2S1=O.CCCCC(CC)Cc1cc2sc(N3C(=O)c4c(C)sc(C)c4S3=O)cc2s1.CCCCCCCCc1ccc(N2C(=O)c3c(C)sc(C)c3S2=O)cc1.[HH].[HH].[HH].[HH].[HH].[HH].[HH]. The Hall–Kier alpha value is -6.27. The number of ketones is 1. The van der Waals surface area contributed by atoms with Gasteiger partial charge in [0.15, 0.2) is 43.9 Å². The molecule has 548 valence electrons. The number of unbranched alkanes of at least 4 members (excludes halogenated alkanes) is 7. The van der Waals surface area contributed by atoms with Gasteiger partial charge in [0.05, 0.1) is 53.2 Å². The zero-order chi connectivity index (χ0) is 73.1. The van der Waals surface area contributed by atoms with E-state index in [2.05, 4.69) is 94.4 Å². The van der Waals surface area contributed by atoms with Gasteiger partial charge in [-0.1, -0.05) is 130 Å². The minimum atomic E-state index is -1.58. The highest BCUT2D eigenvalue weighted by molar-refractivity contribution is 7.89. The molecule has 23 heteroatoms. The number of fused-ring (bicyclic) bond motifs is 5. The molecule has 6 aromatic heterocycles. The Morgan fingerprint density at radius 2 is 0.881 bits per heavy atom. The van der Waals surface area contributed by atoms with Crippen molar-refractivity contribution in [1.29, 1.82) is 0 Å². The third-order valence-corrected chi connectivity index (χ3v) is 31.4. The maximum Gasteiger partial charge on any atom is 0.273 e. The number of carbonyl (C=O) groups is 5. The first-order chi connectivity index (χ1) is 48.4. The summed E-state index contributed by atoms with van der Waals surface area (Å²) in [6.45, 7) is 28.8. The monoisotopic (exact) mass is 1560 g/mol. The fourth-order valence-electron chi connectivity index (χ4n) is 12.8. The van der Waals surface area contributed by atoms with E-state index in [1.54, 1.807) is 80.8 Å². The number of benzene rings is 2. The molecule has 0 radical (unpaired) electrons.